The second-order valence-electron chi connectivity index (χ2n) is 18.5. The summed E-state index contributed by atoms with van der Waals surface area (Å²) in [7, 11) is 0. The van der Waals surface area contributed by atoms with Crippen LogP contribution in [0.4, 0.5) is 5.82 Å². The molecule has 1 aromatic carbocycles. The van der Waals surface area contributed by atoms with Gasteiger partial charge in [0.1, 0.15) is 48.9 Å². The van der Waals surface area contributed by atoms with Gasteiger partial charge in [0.25, 0.3) is 0 Å². The van der Waals surface area contributed by atoms with Gasteiger partial charge in [-0.3, -0.25) is 14.4 Å². The number of likely N-dealkylation sites (tertiary alicyclic amines) is 1. The molecular formula is C47H65N9O8S. The van der Waals surface area contributed by atoms with Crippen LogP contribution in [0.2, 0.25) is 0 Å². The predicted octanol–water partition coefficient (Wildman–Crippen LogP) is 4.87. The van der Waals surface area contributed by atoms with Crippen LogP contribution in [0.3, 0.4) is 0 Å². The number of hydrogen-bond donors (Lipinski definition) is 6. The number of aromatic nitrogens is 4. The van der Waals surface area contributed by atoms with E-state index in [1.165, 1.54) is 16.9 Å². The number of thiazole rings is 1. The zero-order chi connectivity index (χ0) is 46.9. The van der Waals surface area contributed by atoms with Gasteiger partial charge in [-0.05, 0) is 61.9 Å². The molecule has 2 saturated heterocycles. The summed E-state index contributed by atoms with van der Waals surface area (Å²) in [6, 6.07) is 11.6. The second-order valence-corrected chi connectivity index (χ2v) is 19.3. The molecule has 7 N–H and O–H groups in total. The molecule has 2 fully saturated rings. The van der Waals surface area contributed by atoms with Crippen LogP contribution >= 0.6 is 11.3 Å². The number of anilines is 1. The molecule has 0 unspecified atom stereocenters. The van der Waals surface area contributed by atoms with Crippen molar-refractivity contribution in [3.63, 3.8) is 0 Å². The number of nitrogen functional groups attached to an aromatic ring is 1. The third-order valence-corrected chi connectivity index (χ3v) is 13.5. The van der Waals surface area contributed by atoms with Crippen molar-refractivity contribution in [3.05, 3.63) is 65.2 Å². The van der Waals surface area contributed by atoms with Crippen molar-refractivity contribution in [1.82, 2.24) is 35.1 Å². The number of esters is 1. The Bertz CT molecular complexity index is 2270. The number of nitrogens with two attached hydrogens (primary N) is 1. The number of rotatable bonds is 21. The van der Waals surface area contributed by atoms with E-state index in [2.05, 4.69) is 25.7 Å². The van der Waals surface area contributed by atoms with E-state index >= 15 is 0 Å². The van der Waals surface area contributed by atoms with Crippen LogP contribution in [0.25, 0.3) is 16.0 Å². The van der Waals surface area contributed by atoms with E-state index in [9.17, 15) is 35.0 Å². The number of β-amino-alcohol motifs (C(OH)–C–C–N with tert-alkyl or cyclic N) is 1. The Labute approximate surface area is 384 Å². The number of unbranched alkanes of at least 4 members (excludes halogenated alkanes) is 8. The van der Waals surface area contributed by atoms with Gasteiger partial charge in [-0.15, -0.1) is 11.3 Å². The number of hydrogen-bond acceptors (Lipinski definition) is 15. The average molecular weight is 916 g/mol. The molecule has 4 aromatic rings. The number of carbonyl (C=O) groups is 3. The first-order valence-electron chi connectivity index (χ1n) is 22.8. The predicted molar refractivity (Wildman–Crippen MR) is 245 cm³/mol. The molecule has 65 heavy (non-hydrogen) atoms. The Morgan fingerprint density at radius 2 is 1.69 bits per heavy atom. The molecule has 5 heterocycles. The highest BCUT2D eigenvalue weighted by molar-refractivity contribution is 7.13. The molecule has 6 rings (SSSR count). The number of aryl methyl sites for hydroxylation is 1. The maximum atomic E-state index is 14.1. The minimum atomic E-state index is -1.96. The largest absolute Gasteiger partial charge is 0.463 e. The summed E-state index contributed by atoms with van der Waals surface area (Å²) in [5.41, 5.74) is 8.95. The van der Waals surface area contributed by atoms with Gasteiger partial charge in [-0.2, -0.15) is 10.4 Å². The number of fused-ring (bicyclic) bond motifs is 1. The molecule has 2 aliphatic rings. The van der Waals surface area contributed by atoms with Crippen LogP contribution in [-0.2, 0) is 29.5 Å². The molecule has 0 bridgehead atoms. The molecule has 8 atom stereocenters. The maximum Gasteiger partial charge on any atom is 0.305 e. The van der Waals surface area contributed by atoms with Crippen LogP contribution in [0.5, 0.6) is 0 Å². The maximum absolute atomic E-state index is 14.1. The standard InChI is InChI=1S/C47H65N9O8S/c1-29(31-16-18-32(19-17-31)40-30(2)52-28-65-40)54-44(61)35-23-33(57)24-55(35)45(62)41(46(3,4)5)50-22-14-12-10-8-6-7-9-11-13-15-38(58)63-25-36-39(59)42(60)47(26-48,64-36)37-21-20-34-43(49)51-27-53-56(34)37/h16-21,27-29,33,35-36,39,41-42,50,57,59-60H,6-15,22-25H2,1-5H3,(H,54,61)(H2,49,51,53)/t29-,33+,35-,36+,39+,41+,42+,47-/m0/s1. The number of aliphatic hydroxyl groups is 3. The van der Waals surface area contributed by atoms with Gasteiger partial charge in [-0.25, -0.2) is 14.5 Å². The molecule has 0 spiro atoms. The fourth-order valence-corrected chi connectivity index (χ4v) is 9.62. The monoisotopic (exact) mass is 915 g/mol. The third kappa shape index (κ3) is 11.7. The quantitative estimate of drug-likeness (QED) is 0.0482. The summed E-state index contributed by atoms with van der Waals surface area (Å²) in [5, 5.41) is 53.0. The van der Waals surface area contributed by atoms with Gasteiger partial charge >= 0.3 is 5.97 Å². The molecule has 0 radical (unpaired) electrons. The highest BCUT2D eigenvalue weighted by Crippen LogP contribution is 2.40. The Hall–Kier alpha value is -5.03. The molecular weight excluding hydrogens is 851 g/mol. The fourth-order valence-electron chi connectivity index (χ4n) is 8.81. The SMILES string of the molecule is Cc1ncsc1-c1ccc([C@H](C)NC(=O)[C@@H]2C[C@@H](O)CN2C(=O)[C@@H](NCCCCCCCCCCCC(=O)OC[C@H]2O[C@@](C#N)(c3ccc4c(N)ncnn34)[C@H](O)[C@@H]2O)C(C)(C)C)cc1. The van der Waals surface area contributed by atoms with E-state index in [0.29, 0.717) is 18.5 Å². The lowest BCUT2D eigenvalue weighted by Gasteiger charge is -2.35. The zero-order valence-electron chi connectivity index (χ0n) is 38.1. The molecule has 0 aliphatic carbocycles. The summed E-state index contributed by atoms with van der Waals surface area (Å²) in [6.07, 6.45) is 5.28. The van der Waals surface area contributed by atoms with Crippen molar-refractivity contribution in [3.8, 4) is 16.5 Å². The van der Waals surface area contributed by atoms with Gasteiger partial charge in [-0.1, -0.05) is 90.0 Å². The summed E-state index contributed by atoms with van der Waals surface area (Å²) >= 11 is 1.59. The molecule has 352 valence electrons. The molecule has 0 saturated carbocycles. The van der Waals surface area contributed by atoms with Crippen LogP contribution in [-0.4, -0.2) is 114 Å². The smallest absolute Gasteiger partial charge is 0.305 e. The lowest BCUT2D eigenvalue weighted by atomic mass is 9.85. The van der Waals surface area contributed by atoms with Gasteiger partial charge in [0.15, 0.2) is 5.82 Å². The number of nitriles is 1. The first-order chi connectivity index (χ1) is 31.0. The average Bonchev–Trinajstić information content (AvgIpc) is 4.07. The summed E-state index contributed by atoms with van der Waals surface area (Å²) in [4.78, 5) is 51.1. The van der Waals surface area contributed by atoms with Crippen molar-refractivity contribution in [1.29, 1.82) is 5.26 Å². The van der Waals surface area contributed by atoms with Crippen LogP contribution in [0.1, 0.15) is 121 Å². The van der Waals surface area contributed by atoms with E-state index < -0.39 is 53.5 Å². The summed E-state index contributed by atoms with van der Waals surface area (Å²) in [5.74, 6) is -0.719. The van der Waals surface area contributed by atoms with Crippen LogP contribution in [0.15, 0.2) is 48.2 Å². The normalized spacial score (nSPS) is 23.1. The van der Waals surface area contributed by atoms with Crippen molar-refractivity contribution >= 4 is 40.5 Å². The van der Waals surface area contributed by atoms with E-state index in [0.717, 1.165) is 73.1 Å². The number of nitrogens with one attached hydrogen (secondary N) is 2. The van der Waals surface area contributed by atoms with Gasteiger partial charge in [0, 0.05) is 19.4 Å². The van der Waals surface area contributed by atoms with Gasteiger partial charge in [0.2, 0.25) is 17.4 Å². The lowest BCUT2D eigenvalue weighted by molar-refractivity contribution is -0.150. The second kappa shape index (κ2) is 22.0. The molecule has 2 aliphatic heterocycles. The zero-order valence-corrected chi connectivity index (χ0v) is 38.9. The first-order valence-corrected chi connectivity index (χ1v) is 23.7. The number of benzene rings is 1. The van der Waals surface area contributed by atoms with Crippen molar-refractivity contribution in [2.45, 2.75) is 153 Å². The Balaban J connectivity index is 0.839. The number of ether oxygens (including phenoxy) is 2. The summed E-state index contributed by atoms with van der Waals surface area (Å²) < 4.78 is 12.6. The number of amides is 2. The third-order valence-electron chi connectivity index (χ3n) is 12.6. The summed E-state index contributed by atoms with van der Waals surface area (Å²) in [6.45, 7) is 10.4. The molecule has 17 nitrogen and oxygen atoms in total. The van der Waals surface area contributed by atoms with Gasteiger partial charge < -0.3 is 46.1 Å². The molecule has 3 aromatic heterocycles. The highest BCUT2D eigenvalue weighted by Gasteiger charge is 2.58. The van der Waals surface area contributed by atoms with Crippen molar-refractivity contribution < 1.29 is 39.2 Å². The van der Waals surface area contributed by atoms with E-state index in [4.69, 9.17) is 15.2 Å². The van der Waals surface area contributed by atoms with Crippen LogP contribution in [0, 0.1) is 23.7 Å². The minimum Gasteiger partial charge on any atom is -0.463 e. The number of aliphatic hydroxyl groups excluding tert-OH is 3. The first kappa shape index (κ1) is 49.4. The number of nitrogens with zero attached hydrogens (tertiary/aromatic N) is 6. The van der Waals surface area contributed by atoms with E-state index in [1.807, 2.05) is 70.5 Å². The van der Waals surface area contributed by atoms with E-state index in [1.54, 1.807) is 22.3 Å². The van der Waals surface area contributed by atoms with Crippen molar-refractivity contribution in [2.24, 2.45) is 5.41 Å². The topological polar surface area (TPSA) is 251 Å². The van der Waals surface area contributed by atoms with Gasteiger partial charge in [0.05, 0.1) is 40.0 Å². The van der Waals surface area contributed by atoms with Crippen LogP contribution < -0.4 is 16.4 Å². The lowest BCUT2D eigenvalue weighted by Crippen LogP contribution is -2.56. The van der Waals surface area contributed by atoms with Crippen molar-refractivity contribution in [2.75, 3.05) is 25.4 Å². The molecule has 18 heteroatoms. The number of carbonyl (C=O) groups excluding carboxylic acids is 3. The minimum absolute atomic E-state index is 0.117. The van der Waals surface area contributed by atoms with E-state index in [-0.39, 0.29) is 55.4 Å². The fraction of sp³-hybridized carbons (Fsp3) is 0.596. The molecule has 2 amide bonds. The Kier molecular flexibility index (Phi) is 16.7. The highest BCUT2D eigenvalue weighted by atomic mass is 32.1. The Morgan fingerprint density at radius 1 is 1.02 bits per heavy atom. The Morgan fingerprint density at radius 3 is 2.34 bits per heavy atom.